The van der Waals surface area contributed by atoms with Crippen molar-refractivity contribution in [2.75, 3.05) is 11.9 Å². The summed E-state index contributed by atoms with van der Waals surface area (Å²) in [6.45, 7) is 2.69. The number of aromatic nitrogens is 1. The molecule has 2 aromatic rings. The molecule has 0 aliphatic heterocycles. The molecule has 1 aromatic carbocycles. The molecule has 1 atom stereocenters. The van der Waals surface area contributed by atoms with Gasteiger partial charge in [0.15, 0.2) is 12.7 Å². The molecule has 8 heteroatoms. The summed E-state index contributed by atoms with van der Waals surface area (Å²) < 4.78 is 27.5. The van der Waals surface area contributed by atoms with Gasteiger partial charge in [0.2, 0.25) is 0 Å². The highest BCUT2D eigenvalue weighted by Crippen LogP contribution is 2.11. The van der Waals surface area contributed by atoms with Crippen LogP contribution < -0.4 is 10.1 Å². The number of amides is 1. The molecular formula is C15H15FN2O5. The third kappa shape index (κ3) is 5.10. The molecule has 1 amide bonds. The first kappa shape index (κ1) is 16.5. The third-order valence-corrected chi connectivity index (χ3v) is 2.73. The van der Waals surface area contributed by atoms with Crippen LogP contribution in [-0.2, 0) is 14.3 Å². The number of rotatable bonds is 6. The van der Waals surface area contributed by atoms with Gasteiger partial charge in [0.25, 0.3) is 11.8 Å². The predicted molar refractivity (Wildman–Crippen MR) is 77.3 cm³/mol. The van der Waals surface area contributed by atoms with Crippen molar-refractivity contribution in [1.29, 1.82) is 0 Å². The molecule has 23 heavy (non-hydrogen) atoms. The lowest BCUT2D eigenvalue weighted by Crippen LogP contribution is -2.31. The molecule has 0 bridgehead atoms. The number of carbonyl (C=O) groups is 2. The van der Waals surface area contributed by atoms with E-state index < -0.39 is 30.4 Å². The van der Waals surface area contributed by atoms with Gasteiger partial charge in [-0.25, -0.2) is 9.18 Å². The van der Waals surface area contributed by atoms with Crippen LogP contribution in [0.2, 0.25) is 0 Å². The molecule has 1 heterocycles. The van der Waals surface area contributed by atoms with Crippen molar-refractivity contribution < 1.29 is 28.0 Å². The Hall–Kier alpha value is -2.90. The average Bonchev–Trinajstić information content (AvgIpc) is 2.93. The van der Waals surface area contributed by atoms with E-state index in [1.165, 1.54) is 37.3 Å². The van der Waals surface area contributed by atoms with E-state index in [1.807, 2.05) is 0 Å². The van der Waals surface area contributed by atoms with Crippen LogP contribution in [0.25, 0.3) is 0 Å². The van der Waals surface area contributed by atoms with E-state index >= 15 is 0 Å². The monoisotopic (exact) mass is 322 g/mol. The summed E-state index contributed by atoms with van der Waals surface area (Å²) in [6, 6.07) is 6.73. The van der Waals surface area contributed by atoms with Crippen molar-refractivity contribution in [3.8, 4) is 5.88 Å². The Balaban J connectivity index is 1.78. The van der Waals surface area contributed by atoms with Crippen LogP contribution in [0.5, 0.6) is 5.88 Å². The average molecular weight is 322 g/mol. The highest BCUT2D eigenvalue weighted by Gasteiger charge is 2.18. The van der Waals surface area contributed by atoms with Crippen LogP contribution in [0.4, 0.5) is 10.1 Å². The predicted octanol–water partition coefficient (Wildman–Crippen LogP) is 2.07. The fourth-order valence-electron chi connectivity index (χ4n) is 1.61. The second-order valence-corrected chi connectivity index (χ2v) is 4.69. The lowest BCUT2D eigenvalue weighted by Gasteiger charge is -2.13. The summed E-state index contributed by atoms with van der Waals surface area (Å²) in [7, 11) is 0. The zero-order valence-corrected chi connectivity index (χ0v) is 12.5. The fourth-order valence-corrected chi connectivity index (χ4v) is 1.61. The van der Waals surface area contributed by atoms with E-state index in [-0.39, 0.29) is 5.88 Å². The minimum Gasteiger partial charge on any atom is -0.463 e. The summed E-state index contributed by atoms with van der Waals surface area (Å²) in [5.41, 5.74) is 0.397. The standard InChI is InChI=1S/C15H15FN2O5/c1-9-7-13(18-23-9)21-8-14(19)22-10(2)15(20)17-12-5-3-11(16)4-6-12/h3-7,10H,8H2,1-2H3,(H,17,20)/t10-/m1/s1. The summed E-state index contributed by atoms with van der Waals surface area (Å²) in [4.78, 5) is 23.5. The van der Waals surface area contributed by atoms with Crippen molar-refractivity contribution in [1.82, 2.24) is 5.16 Å². The molecule has 122 valence electrons. The van der Waals surface area contributed by atoms with E-state index in [2.05, 4.69) is 10.5 Å². The van der Waals surface area contributed by atoms with E-state index in [4.69, 9.17) is 14.0 Å². The Bertz CT molecular complexity index is 683. The smallest absolute Gasteiger partial charge is 0.345 e. The van der Waals surface area contributed by atoms with Crippen molar-refractivity contribution in [3.63, 3.8) is 0 Å². The lowest BCUT2D eigenvalue weighted by molar-refractivity contribution is -0.155. The maximum absolute atomic E-state index is 12.8. The quantitative estimate of drug-likeness (QED) is 0.819. The number of esters is 1. The molecule has 0 unspecified atom stereocenters. The molecule has 0 aliphatic carbocycles. The maximum Gasteiger partial charge on any atom is 0.345 e. The number of nitrogens with one attached hydrogen (secondary N) is 1. The summed E-state index contributed by atoms with van der Waals surface area (Å²) in [6.07, 6.45) is -1.03. The largest absolute Gasteiger partial charge is 0.463 e. The van der Waals surface area contributed by atoms with E-state index in [1.54, 1.807) is 6.92 Å². The van der Waals surface area contributed by atoms with Gasteiger partial charge in [-0.15, -0.1) is 0 Å². The molecule has 0 aliphatic rings. The fraction of sp³-hybridized carbons (Fsp3) is 0.267. The van der Waals surface area contributed by atoms with E-state index in [0.29, 0.717) is 11.4 Å². The Morgan fingerprint density at radius 1 is 1.35 bits per heavy atom. The van der Waals surface area contributed by atoms with Crippen LogP contribution >= 0.6 is 0 Å². The second kappa shape index (κ2) is 7.39. The zero-order chi connectivity index (χ0) is 16.8. The van der Waals surface area contributed by atoms with Crippen molar-refractivity contribution >= 4 is 17.6 Å². The summed E-state index contributed by atoms with van der Waals surface area (Å²) in [5, 5.41) is 6.05. The van der Waals surface area contributed by atoms with Crippen LogP contribution in [0.15, 0.2) is 34.9 Å². The molecule has 0 spiro atoms. The molecule has 0 saturated heterocycles. The Morgan fingerprint density at radius 2 is 2.04 bits per heavy atom. The SMILES string of the molecule is Cc1cc(OCC(=O)O[C@H](C)C(=O)Nc2ccc(F)cc2)no1. The number of halogens is 1. The lowest BCUT2D eigenvalue weighted by atomic mass is 10.3. The third-order valence-electron chi connectivity index (χ3n) is 2.73. The summed E-state index contributed by atoms with van der Waals surface area (Å²) >= 11 is 0. The zero-order valence-electron chi connectivity index (χ0n) is 12.5. The molecule has 2 rings (SSSR count). The maximum atomic E-state index is 12.8. The molecule has 1 aromatic heterocycles. The van der Waals surface area contributed by atoms with Crippen molar-refractivity contribution in [3.05, 3.63) is 41.9 Å². The number of aryl methyl sites for hydroxylation is 1. The minimum atomic E-state index is -1.03. The van der Waals surface area contributed by atoms with Gasteiger partial charge in [-0.05, 0) is 43.3 Å². The van der Waals surface area contributed by atoms with Gasteiger partial charge in [0.1, 0.15) is 11.6 Å². The highest BCUT2D eigenvalue weighted by molar-refractivity contribution is 5.95. The molecule has 1 N–H and O–H groups in total. The van der Waals surface area contributed by atoms with Gasteiger partial charge >= 0.3 is 5.97 Å². The number of nitrogens with zero attached hydrogens (tertiary/aromatic N) is 1. The van der Waals surface area contributed by atoms with E-state index in [0.717, 1.165) is 0 Å². The minimum absolute atomic E-state index is 0.155. The van der Waals surface area contributed by atoms with Gasteiger partial charge in [0, 0.05) is 11.8 Å². The van der Waals surface area contributed by atoms with E-state index in [9.17, 15) is 14.0 Å². The number of carbonyl (C=O) groups excluding carboxylic acids is 2. The van der Waals surface area contributed by atoms with Crippen LogP contribution in [0.3, 0.4) is 0 Å². The Labute approximate surface area is 131 Å². The molecular weight excluding hydrogens is 307 g/mol. The van der Waals surface area contributed by atoms with Crippen LogP contribution in [0.1, 0.15) is 12.7 Å². The normalized spacial score (nSPS) is 11.6. The van der Waals surface area contributed by atoms with Gasteiger partial charge in [-0.1, -0.05) is 0 Å². The van der Waals surface area contributed by atoms with Crippen molar-refractivity contribution in [2.24, 2.45) is 0 Å². The van der Waals surface area contributed by atoms with Crippen LogP contribution in [0, 0.1) is 12.7 Å². The molecule has 0 saturated carbocycles. The second-order valence-electron chi connectivity index (χ2n) is 4.69. The number of ether oxygens (including phenoxy) is 2. The van der Waals surface area contributed by atoms with Crippen molar-refractivity contribution in [2.45, 2.75) is 20.0 Å². The Morgan fingerprint density at radius 3 is 2.65 bits per heavy atom. The molecule has 7 nitrogen and oxygen atoms in total. The first-order valence-corrected chi connectivity index (χ1v) is 6.76. The number of hydrogen-bond donors (Lipinski definition) is 1. The number of hydrogen-bond acceptors (Lipinski definition) is 6. The Kier molecular flexibility index (Phi) is 5.29. The first-order chi connectivity index (χ1) is 10.9. The topological polar surface area (TPSA) is 90.7 Å². The number of benzene rings is 1. The van der Waals surface area contributed by atoms with Gasteiger partial charge in [0.05, 0.1) is 0 Å². The summed E-state index contributed by atoms with van der Waals surface area (Å²) in [5.74, 6) is -0.986. The number of anilines is 1. The molecule has 0 fully saturated rings. The molecule has 0 radical (unpaired) electrons. The van der Waals surface area contributed by atoms with Gasteiger partial charge in [-0.3, -0.25) is 4.79 Å². The van der Waals surface area contributed by atoms with Gasteiger partial charge in [-0.2, -0.15) is 0 Å². The highest BCUT2D eigenvalue weighted by atomic mass is 19.1. The first-order valence-electron chi connectivity index (χ1n) is 6.76. The van der Waals surface area contributed by atoms with Gasteiger partial charge < -0.3 is 19.3 Å². The van der Waals surface area contributed by atoms with Crippen LogP contribution in [-0.4, -0.2) is 29.7 Å².